The number of thiol groups is 1. The molecule has 3 aromatic rings. The summed E-state index contributed by atoms with van der Waals surface area (Å²) in [5.41, 5.74) is 1.76. The quantitative estimate of drug-likeness (QED) is 0.564. The van der Waals surface area contributed by atoms with Crippen LogP contribution in [0.2, 0.25) is 0 Å². The fourth-order valence-electron chi connectivity index (χ4n) is 3.65. The number of ether oxygens (including phenoxy) is 1. The Morgan fingerprint density at radius 2 is 1.53 bits per heavy atom. The molecule has 1 aliphatic rings. The number of likely N-dealkylation sites (tertiary alicyclic amines) is 1. The molecule has 0 radical (unpaired) electrons. The smallest absolute Gasteiger partial charge is 0.283 e. The summed E-state index contributed by atoms with van der Waals surface area (Å²) in [7, 11) is 0. The lowest BCUT2D eigenvalue weighted by molar-refractivity contribution is -0.128. The van der Waals surface area contributed by atoms with Gasteiger partial charge in [0.2, 0.25) is 5.91 Å². The van der Waals surface area contributed by atoms with E-state index in [1.165, 1.54) is 0 Å². The fourth-order valence-corrected chi connectivity index (χ4v) is 3.93. The van der Waals surface area contributed by atoms with Crippen LogP contribution in [0.15, 0.2) is 84.9 Å². The number of anilines is 1. The molecular formula is C24H22N2O3S. The molecule has 1 fully saturated rings. The van der Waals surface area contributed by atoms with Crippen molar-refractivity contribution in [3.63, 3.8) is 0 Å². The first kappa shape index (κ1) is 20.0. The van der Waals surface area contributed by atoms with Crippen molar-refractivity contribution in [2.75, 3.05) is 11.4 Å². The number of carbonyl (C=O) groups is 2. The molecule has 0 unspecified atom stereocenters. The predicted octanol–water partition coefficient (Wildman–Crippen LogP) is 5.14. The van der Waals surface area contributed by atoms with Gasteiger partial charge in [0.25, 0.3) is 5.24 Å². The number of amides is 2. The van der Waals surface area contributed by atoms with Gasteiger partial charge in [-0.15, -0.1) is 0 Å². The highest BCUT2D eigenvalue weighted by atomic mass is 32.1. The van der Waals surface area contributed by atoms with Crippen LogP contribution in [-0.4, -0.2) is 28.6 Å². The average Bonchev–Trinajstić information content (AvgIpc) is 3.10. The summed E-state index contributed by atoms with van der Waals surface area (Å²) >= 11 is 4.03. The van der Waals surface area contributed by atoms with E-state index in [0.717, 1.165) is 22.7 Å². The van der Waals surface area contributed by atoms with Gasteiger partial charge in [-0.3, -0.25) is 14.5 Å². The zero-order chi connectivity index (χ0) is 20.9. The highest BCUT2D eigenvalue weighted by Gasteiger charge is 2.35. The average molecular weight is 419 g/mol. The Bertz CT molecular complexity index is 1010. The molecule has 0 spiro atoms. The van der Waals surface area contributed by atoms with Gasteiger partial charge in [0.15, 0.2) is 0 Å². The maximum atomic E-state index is 12.6. The van der Waals surface area contributed by atoms with E-state index in [1.807, 2.05) is 84.9 Å². The van der Waals surface area contributed by atoms with Crippen LogP contribution in [0.3, 0.4) is 0 Å². The van der Waals surface area contributed by atoms with Crippen molar-refractivity contribution in [3.05, 3.63) is 90.5 Å². The summed E-state index contributed by atoms with van der Waals surface area (Å²) in [4.78, 5) is 28.1. The van der Waals surface area contributed by atoms with Crippen LogP contribution in [0.25, 0.3) is 0 Å². The summed E-state index contributed by atoms with van der Waals surface area (Å²) in [6.45, 7) is 0.965. The molecule has 1 atom stereocenters. The van der Waals surface area contributed by atoms with E-state index in [1.54, 1.807) is 9.80 Å². The van der Waals surface area contributed by atoms with Crippen LogP contribution >= 0.6 is 12.6 Å². The van der Waals surface area contributed by atoms with E-state index in [0.29, 0.717) is 13.1 Å². The lowest BCUT2D eigenvalue weighted by Crippen LogP contribution is -2.39. The third-order valence-corrected chi connectivity index (χ3v) is 5.29. The van der Waals surface area contributed by atoms with Crippen LogP contribution < -0.4 is 9.64 Å². The van der Waals surface area contributed by atoms with E-state index >= 15 is 0 Å². The summed E-state index contributed by atoms with van der Waals surface area (Å²) in [6.07, 6.45) is 0.288. The Kier molecular flexibility index (Phi) is 6.05. The first-order valence-electron chi connectivity index (χ1n) is 9.77. The van der Waals surface area contributed by atoms with Crippen molar-refractivity contribution < 1.29 is 14.3 Å². The van der Waals surface area contributed by atoms with E-state index in [4.69, 9.17) is 4.74 Å². The van der Waals surface area contributed by atoms with Gasteiger partial charge in [-0.2, -0.15) is 0 Å². The first-order valence-corrected chi connectivity index (χ1v) is 10.2. The fraction of sp³-hybridized carbons (Fsp3) is 0.167. The molecule has 0 aliphatic carbocycles. The van der Waals surface area contributed by atoms with Crippen LogP contribution in [0.1, 0.15) is 12.0 Å². The number of hydrogen-bond donors (Lipinski definition) is 1. The molecule has 1 aliphatic heterocycles. The molecule has 3 aromatic carbocycles. The Hall–Kier alpha value is -3.25. The second-order valence-corrected chi connectivity index (χ2v) is 7.56. The number of carbonyl (C=O) groups excluding carboxylic acids is 2. The van der Waals surface area contributed by atoms with Gasteiger partial charge in [-0.05, 0) is 42.0 Å². The van der Waals surface area contributed by atoms with Gasteiger partial charge < -0.3 is 9.64 Å². The SMILES string of the molecule is O=C1C[C@H](N(C(=O)S)c2ccccc2)CN1Cc1ccc(Oc2ccccc2)cc1. The maximum absolute atomic E-state index is 12.6. The third kappa shape index (κ3) is 4.66. The number of para-hydroxylation sites is 2. The second-order valence-electron chi connectivity index (χ2n) is 7.18. The minimum absolute atomic E-state index is 0.0279. The van der Waals surface area contributed by atoms with Crippen LogP contribution in [0.4, 0.5) is 10.5 Å². The molecule has 0 aromatic heterocycles. The van der Waals surface area contributed by atoms with Gasteiger partial charge in [0, 0.05) is 25.2 Å². The highest BCUT2D eigenvalue weighted by molar-refractivity contribution is 7.96. The van der Waals surface area contributed by atoms with Crippen molar-refractivity contribution in [2.45, 2.75) is 19.0 Å². The Labute approximate surface area is 181 Å². The normalized spacial score (nSPS) is 15.8. The first-order chi connectivity index (χ1) is 14.6. The number of nitrogens with zero attached hydrogens (tertiary/aromatic N) is 2. The van der Waals surface area contributed by atoms with E-state index in [-0.39, 0.29) is 23.6 Å². The molecule has 5 nitrogen and oxygen atoms in total. The van der Waals surface area contributed by atoms with Crippen molar-refractivity contribution >= 4 is 29.5 Å². The largest absolute Gasteiger partial charge is 0.457 e. The predicted molar refractivity (Wildman–Crippen MR) is 120 cm³/mol. The van der Waals surface area contributed by atoms with Crippen molar-refractivity contribution in [1.82, 2.24) is 4.90 Å². The molecule has 30 heavy (non-hydrogen) atoms. The molecule has 6 heteroatoms. The number of benzene rings is 3. The third-order valence-electron chi connectivity index (χ3n) is 5.08. The lowest BCUT2D eigenvalue weighted by atomic mass is 10.2. The summed E-state index contributed by atoms with van der Waals surface area (Å²) in [6, 6.07) is 26.4. The highest BCUT2D eigenvalue weighted by Crippen LogP contribution is 2.27. The summed E-state index contributed by atoms with van der Waals surface area (Å²) in [5.74, 6) is 1.55. The minimum atomic E-state index is -0.358. The molecule has 1 saturated heterocycles. The molecule has 0 N–H and O–H groups in total. The van der Waals surface area contributed by atoms with Gasteiger partial charge in [-0.25, -0.2) is 0 Å². The molecule has 152 valence electrons. The lowest BCUT2D eigenvalue weighted by Gasteiger charge is -2.27. The Balaban J connectivity index is 1.41. The zero-order valence-corrected chi connectivity index (χ0v) is 17.2. The summed E-state index contributed by atoms with van der Waals surface area (Å²) < 4.78 is 5.82. The van der Waals surface area contributed by atoms with Crippen molar-refractivity contribution in [2.24, 2.45) is 0 Å². The molecule has 0 bridgehead atoms. The number of hydrogen-bond acceptors (Lipinski definition) is 3. The van der Waals surface area contributed by atoms with Crippen molar-refractivity contribution in [3.8, 4) is 11.5 Å². The van der Waals surface area contributed by atoms with Gasteiger partial charge >= 0.3 is 0 Å². The van der Waals surface area contributed by atoms with E-state index in [9.17, 15) is 9.59 Å². The van der Waals surface area contributed by atoms with E-state index < -0.39 is 0 Å². The monoisotopic (exact) mass is 418 g/mol. The molecule has 1 heterocycles. The van der Waals surface area contributed by atoms with Crippen molar-refractivity contribution in [1.29, 1.82) is 0 Å². The number of rotatable bonds is 6. The van der Waals surface area contributed by atoms with Gasteiger partial charge in [0.05, 0.1) is 6.04 Å². The maximum Gasteiger partial charge on any atom is 0.283 e. The van der Waals surface area contributed by atoms with E-state index in [2.05, 4.69) is 12.6 Å². The van der Waals surface area contributed by atoms with Gasteiger partial charge in [0.1, 0.15) is 11.5 Å². The Morgan fingerprint density at radius 3 is 2.17 bits per heavy atom. The molecule has 4 rings (SSSR count). The zero-order valence-electron chi connectivity index (χ0n) is 16.3. The molecule has 0 saturated carbocycles. The van der Waals surface area contributed by atoms with Crippen LogP contribution in [-0.2, 0) is 11.3 Å². The topological polar surface area (TPSA) is 49.9 Å². The minimum Gasteiger partial charge on any atom is -0.457 e. The van der Waals surface area contributed by atoms with Crippen LogP contribution in [0.5, 0.6) is 11.5 Å². The Morgan fingerprint density at radius 1 is 0.933 bits per heavy atom. The second kappa shape index (κ2) is 9.05. The molecular weight excluding hydrogens is 396 g/mol. The summed E-state index contributed by atoms with van der Waals surface area (Å²) in [5, 5.41) is -0.358. The standard InChI is InChI=1S/C24H22N2O3S/c27-23-15-20(26(24(28)30)19-7-3-1-4-8-19)17-25(23)16-18-11-13-22(14-12-18)29-21-9-5-2-6-10-21/h1-14,20H,15-17H2,(H,28,30)/t20-/m0/s1. The molecule has 2 amide bonds. The van der Waals surface area contributed by atoms with Crippen LogP contribution in [0, 0.1) is 0 Å². The van der Waals surface area contributed by atoms with Gasteiger partial charge in [-0.1, -0.05) is 61.2 Å².